The van der Waals surface area contributed by atoms with Crippen molar-refractivity contribution in [1.82, 2.24) is 20.9 Å². The van der Waals surface area contributed by atoms with E-state index in [0.29, 0.717) is 24.6 Å². The fourth-order valence-electron chi connectivity index (χ4n) is 2.19. The predicted octanol–water partition coefficient (Wildman–Crippen LogP) is 1.54. The van der Waals surface area contributed by atoms with Gasteiger partial charge in [-0.15, -0.1) is 35.3 Å². The number of aliphatic imine (C=N–C) groups is 1. The van der Waals surface area contributed by atoms with Crippen molar-refractivity contribution in [1.29, 1.82) is 0 Å². The van der Waals surface area contributed by atoms with Crippen LogP contribution in [0.3, 0.4) is 0 Å². The number of thiazole rings is 1. The molecule has 0 saturated carbocycles. The van der Waals surface area contributed by atoms with Gasteiger partial charge < -0.3 is 21.7 Å². The van der Waals surface area contributed by atoms with Crippen molar-refractivity contribution in [2.75, 3.05) is 13.1 Å². The largest absolute Gasteiger partial charge is 0.368 e. The summed E-state index contributed by atoms with van der Waals surface area (Å²) in [6.45, 7) is 5.68. The number of nitrogens with zero attached hydrogens (tertiary/aromatic N) is 2. The number of rotatable bonds is 8. The summed E-state index contributed by atoms with van der Waals surface area (Å²) in [5.74, 6) is -0.211. The molecular weight excluding hydrogens is 491 g/mol. The molecule has 8 nitrogen and oxygen atoms in total. The Labute approximate surface area is 185 Å². The van der Waals surface area contributed by atoms with Gasteiger partial charge in [-0.25, -0.2) is 9.98 Å². The van der Waals surface area contributed by atoms with E-state index in [2.05, 4.69) is 25.9 Å². The highest BCUT2D eigenvalue weighted by Gasteiger charge is 2.06. The fourth-order valence-corrected chi connectivity index (χ4v) is 2.91. The molecule has 0 radical (unpaired) electrons. The number of primary amides is 1. The van der Waals surface area contributed by atoms with E-state index in [9.17, 15) is 9.59 Å². The van der Waals surface area contributed by atoms with Gasteiger partial charge >= 0.3 is 0 Å². The van der Waals surface area contributed by atoms with Gasteiger partial charge in [0.25, 0.3) is 5.91 Å². The van der Waals surface area contributed by atoms with Crippen molar-refractivity contribution in [3.63, 3.8) is 0 Å². The third-order valence-electron chi connectivity index (χ3n) is 3.48. The zero-order valence-corrected chi connectivity index (χ0v) is 19.0. The Kier molecular flexibility index (Phi) is 10.5. The number of nitrogens with two attached hydrogens (primary N) is 1. The fraction of sp³-hybridized carbons (Fsp3) is 0.333. The SMILES string of the molecule is CCNC(=NCc1ccc(C(=O)NCC(N)=O)cc1)NCc1ncc(C)s1.I. The Morgan fingerprint density at radius 2 is 1.89 bits per heavy atom. The van der Waals surface area contributed by atoms with Crippen molar-refractivity contribution in [3.05, 3.63) is 51.5 Å². The second-order valence-corrected chi connectivity index (χ2v) is 7.08. The van der Waals surface area contributed by atoms with Crippen molar-refractivity contribution in [2.45, 2.75) is 26.9 Å². The number of aryl methyl sites for hydroxylation is 1. The van der Waals surface area contributed by atoms with Crippen LogP contribution in [-0.4, -0.2) is 35.8 Å². The van der Waals surface area contributed by atoms with Crippen LogP contribution in [0.15, 0.2) is 35.5 Å². The van der Waals surface area contributed by atoms with Crippen molar-refractivity contribution in [3.8, 4) is 0 Å². The smallest absolute Gasteiger partial charge is 0.251 e. The first-order valence-electron chi connectivity index (χ1n) is 8.57. The van der Waals surface area contributed by atoms with Crippen LogP contribution < -0.4 is 21.7 Å². The molecule has 1 aromatic carbocycles. The van der Waals surface area contributed by atoms with Crippen LogP contribution in [0.2, 0.25) is 0 Å². The average Bonchev–Trinajstić information content (AvgIpc) is 3.07. The number of carbonyl (C=O) groups is 2. The maximum Gasteiger partial charge on any atom is 0.251 e. The number of guanidine groups is 1. The zero-order valence-electron chi connectivity index (χ0n) is 15.8. The quantitative estimate of drug-likeness (QED) is 0.241. The lowest BCUT2D eigenvalue weighted by molar-refractivity contribution is -0.117. The highest BCUT2D eigenvalue weighted by atomic mass is 127. The number of hydrogen-bond donors (Lipinski definition) is 4. The standard InChI is InChI=1S/C18H24N6O2S.HI/c1-3-20-18(24-11-16-21-8-12(2)27-16)23-9-13-4-6-14(7-5-13)17(26)22-10-15(19)25;/h4-8H,3,9-11H2,1-2H3,(H2,19,25)(H,22,26)(H2,20,23,24);1H. The molecule has 28 heavy (non-hydrogen) atoms. The lowest BCUT2D eigenvalue weighted by Gasteiger charge is -2.10. The lowest BCUT2D eigenvalue weighted by Crippen LogP contribution is -2.36. The maximum absolute atomic E-state index is 11.9. The van der Waals surface area contributed by atoms with E-state index in [1.165, 1.54) is 4.88 Å². The molecule has 2 amide bonds. The second kappa shape index (κ2) is 12.3. The minimum Gasteiger partial charge on any atom is -0.368 e. The van der Waals surface area contributed by atoms with Crippen molar-refractivity contribution < 1.29 is 9.59 Å². The number of aromatic nitrogens is 1. The molecule has 0 saturated heterocycles. The highest BCUT2D eigenvalue weighted by Crippen LogP contribution is 2.10. The molecule has 0 spiro atoms. The van der Waals surface area contributed by atoms with Crippen LogP contribution in [0.25, 0.3) is 0 Å². The monoisotopic (exact) mass is 516 g/mol. The third kappa shape index (κ3) is 8.21. The number of nitrogens with one attached hydrogen (secondary N) is 3. The summed E-state index contributed by atoms with van der Waals surface area (Å²) in [4.78, 5) is 32.6. The molecule has 1 aromatic heterocycles. The van der Waals surface area contributed by atoms with Gasteiger partial charge in [-0.05, 0) is 31.5 Å². The second-order valence-electron chi connectivity index (χ2n) is 5.76. The van der Waals surface area contributed by atoms with Crippen LogP contribution in [0, 0.1) is 6.92 Å². The normalized spacial score (nSPS) is 10.7. The molecule has 0 aliphatic carbocycles. The van der Waals surface area contributed by atoms with Gasteiger partial charge in [0, 0.05) is 23.2 Å². The summed E-state index contributed by atoms with van der Waals surface area (Å²) in [5.41, 5.74) is 6.44. The van der Waals surface area contributed by atoms with E-state index in [1.54, 1.807) is 23.5 Å². The average molecular weight is 516 g/mol. The van der Waals surface area contributed by atoms with Gasteiger partial charge in [0.05, 0.1) is 19.6 Å². The predicted molar refractivity (Wildman–Crippen MR) is 122 cm³/mol. The minimum absolute atomic E-state index is 0. The first-order valence-corrected chi connectivity index (χ1v) is 9.38. The van der Waals surface area contributed by atoms with Gasteiger partial charge in [0.1, 0.15) is 5.01 Å². The Balaban J connectivity index is 0.00000392. The zero-order chi connectivity index (χ0) is 19.6. The summed E-state index contributed by atoms with van der Waals surface area (Å²) in [5, 5.41) is 9.91. The van der Waals surface area contributed by atoms with E-state index in [0.717, 1.165) is 17.1 Å². The topological polar surface area (TPSA) is 122 Å². The molecule has 2 rings (SSSR count). The van der Waals surface area contributed by atoms with Gasteiger partial charge in [-0.2, -0.15) is 0 Å². The Morgan fingerprint density at radius 3 is 2.46 bits per heavy atom. The van der Waals surface area contributed by atoms with Crippen LogP contribution in [0.5, 0.6) is 0 Å². The molecule has 0 aliphatic rings. The van der Waals surface area contributed by atoms with Crippen LogP contribution in [-0.2, 0) is 17.9 Å². The maximum atomic E-state index is 11.9. The minimum atomic E-state index is -0.578. The van der Waals surface area contributed by atoms with Gasteiger partial charge in [-0.1, -0.05) is 12.1 Å². The van der Waals surface area contributed by atoms with Gasteiger partial charge in [-0.3, -0.25) is 9.59 Å². The number of hydrogen-bond acceptors (Lipinski definition) is 5. The Morgan fingerprint density at radius 1 is 1.18 bits per heavy atom. The molecule has 2 aromatic rings. The van der Waals surface area contributed by atoms with E-state index >= 15 is 0 Å². The Bertz CT molecular complexity index is 807. The van der Waals surface area contributed by atoms with Crippen LogP contribution in [0.1, 0.15) is 32.7 Å². The molecule has 0 atom stereocenters. The molecule has 0 fully saturated rings. The third-order valence-corrected chi connectivity index (χ3v) is 4.39. The van der Waals surface area contributed by atoms with Gasteiger partial charge in [0.15, 0.2) is 5.96 Å². The summed E-state index contributed by atoms with van der Waals surface area (Å²) < 4.78 is 0. The summed E-state index contributed by atoms with van der Waals surface area (Å²) in [6.07, 6.45) is 1.85. The van der Waals surface area contributed by atoms with Crippen LogP contribution >= 0.6 is 35.3 Å². The van der Waals surface area contributed by atoms with E-state index in [4.69, 9.17) is 5.73 Å². The highest BCUT2D eigenvalue weighted by molar-refractivity contribution is 14.0. The van der Waals surface area contributed by atoms with E-state index in [-0.39, 0.29) is 36.4 Å². The number of amides is 2. The molecule has 1 heterocycles. The van der Waals surface area contributed by atoms with Crippen LogP contribution in [0.4, 0.5) is 0 Å². The Hall–Kier alpha value is -2.21. The summed E-state index contributed by atoms with van der Waals surface area (Å²) in [6, 6.07) is 7.05. The molecular formula is C18H25IN6O2S. The molecule has 152 valence electrons. The van der Waals surface area contributed by atoms with E-state index in [1.807, 2.05) is 32.2 Å². The molecule has 10 heteroatoms. The first kappa shape index (κ1) is 23.8. The summed E-state index contributed by atoms with van der Waals surface area (Å²) >= 11 is 1.65. The molecule has 5 N–H and O–H groups in total. The number of carbonyl (C=O) groups excluding carboxylic acids is 2. The molecule has 0 bridgehead atoms. The van der Waals surface area contributed by atoms with Crippen molar-refractivity contribution in [2.24, 2.45) is 10.7 Å². The first-order chi connectivity index (χ1) is 13.0. The van der Waals surface area contributed by atoms with Crippen molar-refractivity contribution >= 4 is 53.1 Å². The summed E-state index contributed by atoms with van der Waals surface area (Å²) in [7, 11) is 0. The lowest BCUT2D eigenvalue weighted by atomic mass is 10.1. The van der Waals surface area contributed by atoms with Gasteiger partial charge in [0.2, 0.25) is 5.91 Å². The molecule has 0 aliphatic heterocycles. The number of halogens is 1. The number of benzene rings is 1. The van der Waals surface area contributed by atoms with E-state index < -0.39 is 5.91 Å². The molecule has 0 unspecified atom stereocenters.